The molecular weight excluding hydrogens is 276 g/mol. The molecule has 108 valence electrons. The van der Waals surface area contributed by atoms with Gasteiger partial charge < -0.3 is 10.3 Å². The minimum absolute atomic E-state index is 0.0380. The lowest BCUT2D eigenvalue weighted by Crippen LogP contribution is -2.23. The maximum atomic E-state index is 12.1. The molecule has 0 radical (unpaired) electrons. The third-order valence-electron chi connectivity index (χ3n) is 3.09. The van der Waals surface area contributed by atoms with Gasteiger partial charge in [0.25, 0.3) is 10.0 Å². The number of sulfonamides is 1. The number of nitrogens with zero attached hydrogens (tertiary/aromatic N) is 2. The van der Waals surface area contributed by atoms with Crippen molar-refractivity contribution < 1.29 is 8.42 Å². The number of hydrogen-bond donors (Lipinski definition) is 2. The molecule has 20 heavy (non-hydrogen) atoms. The van der Waals surface area contributed by atoms with Gasteiger partial charge in [-0.3, -0.25) is 0 Å². The standard InChI is InChI=1S/C13H18N4O2S/c1-10-16-13(9-17(10)2)20(18,19)15-8-12-5-3-11(7-14)4-6-12/h3-6,9,15H,7-8,14H2,1-2H3. The first kappa shape index (κ1) is 14.7. The third kappa shape index (κ3) is 3.24. The van der Waals surface area contributed by atoms with Gasteiger partial charge in [0, 0.05) is 26.3 Å². The minimum Gasteiger partial charge on any atom is -0.337 e. The van der Waals surface area contributed by atoms with Crippen molar-refractivity contribution in [2.75, 3.05) is 0 Å². The van der Waals surface area contributed by atoms with E-state index in [1.807, 2.05) is 24.3 Å². The average Bonchev–Trinajstić information content (AvgIpc) is 2.78. The van der Waals surface area contributed by atoms with E-state index in [4.69, 9.17) is 5.73 Å². The summed E-state index contributed by atoms with van der Waals surface area (Å²) in [4.78, 5) is 4.02. The summed E-state index contributed by atoms with van der Waals surface area (Å²) in [6.07, 6.45) is 1.50. The highest BCUT2D eigenvalue weighted by Gasteiger charge is 2.17. The smallest absolute Gasteiger partial charge is 0.259 e. The summed E-state index contributed by atoms with van der Waals surface area (Å²) in [7, 11) is -1.83. The first-order valence-electron chi connectivity index (χ1n) is 6.20. The van der Waals surface area contributed by atoms with E-state index in [9.17, 15) is 8.42 Å². The number of benzene rings is 1. The Kier molecular flexibility index (Phi) is 4.22. The summed E-state index contributed by atoms with van der Waals surface area (Å²) in [5.41, 5.74) is 7.40. The molecule has 0 amide bonds. The second-order valence-corrected chi connectivity index (χ2v) is 6.30. The Bertz CT molecular complexity index is 670. The van der Waals surface area contributed by atoms with Gasteiger partial charge in [-0.05, 0) is 18.1 Å². The summed E-state index contributed by atoms with van der Waals surface area (Å²) in [6.45, 7) is 2.45. The van der Waals surface area contributed by atoms with Crippen LogP contribution in [0.5, 0.6) is 0 Å². The molecule has 0 atom stereocenters. The van der Waals surface area contributed by atoms with Crippen LogP contribution < -0.4 is 10.5 Å². The average molecular weight is 294 g/mol. The normalized spacial score (nSPS) is 11.8. The van der Waals surface area contributed by atoms with E-state index < -0.39 is 10.0 Å². The van der Waals surface area contributed by atoms with Gasteiger partial charge in [0.1, 0.15) is 5.82 Å². The van der Waals surface area contributed by atoms with Gasteiger partial charge in [0.15, 0.2) is 5.03 Å². The largest absolute Gasteiger partial charge is 0.337 e. The lowest BCUT2D eigenvalue weighted by molar-refractivity contribution is 0.578. The molecule has 0 aliphatic carbocycles. The predicted molar refractivity (Wildman–Crippen MR) is 76.3 cm³/mol. The molecule has 1 aromatic carbocycles. The highest BCUT2D eigenvalue weighted by molar-refractivity contribution is 7.89. The van der Waals surface area contributed by atoms with Gasteiger partial charge in [0.05, 0.1) is 0 Å². The molecule has 0 spiro atoms. The van der Waals surface area contributed by atoms with Gasteiger partial charge >= 0.3 is 0 Å². The fourth-order valence-corrected chi connectivity index (χ4v) is 2.75. The van der Waals surface area contributed by atoms with Crippen LogP contribution in [0.4, 0.5) is 0 Å². The number of rotatable bonds is 5. The molecule has 0 aliphatic heterocycles. The van der Waals surface area contributed by atoms with Crippen molar-refractivity contribution in [3.8, 4) is 0 Å². The molecule has 1 aromatic heterocycles. The van der Waals surface area contributed by atoms with Crippen molar-refractivity contribution in [1.29, 1.82) is 0 Å². The molecule has 0 unspecified atom stereocenters. The second-order valence-electron chi connectivity index (χ2n) is 4.58. The van der Waals surface area contributed by atoms with Gasteiger partial charge in [-0.2, -0.15) is 0 Å². The van der Waals surface area contributed by atoms with Crippen molar-refractivity contribution >= 4 is 10.0 Å². The zero-order valence-corrected chi connectivity index (χ0v) is 12.3. The van der Waals surface area contributed by atoms with Crippen LogP contribution in [0.2, 0.25) is 0 Å². The highest BCUT2D eigenvalue weighted by Crippen LogP contribution is 2.09. The quantitative estimate of drug-likeness (QED) is 0.848. The van der Waals surface area contributed by atoms with Crippen molar-refractivity contribution in [2.24, 2.45) is 12.8 Å². The zero-order valence-electron chi connectivity index (χ0n) is 11.5. The molecule has 0 bridgehead atoms. The topological polar surface area (TPSA) is 90.0 Å². The molecule has 0 aliphatic rings. The monoisotopic (exact) mass is 294 g/mol. The summed E-state index contributed by atoms with van der Waals surface area (Å²) in [5, 5.41) is 0.0380. The summed E-state index contributed by atoms with van der Waals surface area (Å²) in [5.74, 6) is 0.651. The van der Waals surface area contributed by atoms with Gasteiger partial charge in [-0.25, -0.2) is 18.1 Å². The van der Waals surface area contributed by atoms with E-state index in [1.54, 1.807) is 18.5 Å². The minimum atomic E-state index is -3.58. The molecule has 0 saturated carbocycles. The van der Waals surface area contributed by atoms with Gasteiger partial charge in [-0.15, -0.1) is 0 Å². The Morgan fingerprint density at radius 3 is 2.35 bits per heavy atom. The molecule has 7 heteroatoms. The maximum Gasteiger partial charge on any atom is 0.259 e. The van der Waals surface area contributed by atoms with Crippen LogP contribution in [0, 0.1) is 6.92 Å². The Morgan fingerprint density at radius 1 is 1.25 bits per heavy atom. The molecule has 1 heterocycles. The van der Waals surface area contributed by atoms with Crippen LogP contribution in [0.25, 0.3) is 0 Å². The Hall–Kier alpha value is -1.70. The Morgan fingerprint density at radius 2 is 1.85 bits per heavy atom. The number of aryl methyl sites for hydroxylation is 2. The molecule has 2 aromatic rings. The molecule has 6 nitrogen and oxygen atoms in total. The number of imidazole rings is 1. The SMILES string of the molecule is Cc1nc(S(=O)(=O)NCc2ccc(CN)cc2)cn1C. The molecule has 0 fully saturated rings. The third-order valence-corrected chi connectivity index (χ3v) is 4.36. The highest BCUT2D eigenvalue weighted by atomic mass is 32.2. The van der Waals surface area contributed by atoms with Crippen molar-refractivity contribution in [2.45, 2.75) is 25.0 Å². The van der Waals surface area contributed by atoms with E-state index in [2.05, 4.69) is 9.71 Å². The summed E-state index contributed by atoms with van der Waals surface area (Å²) < 4.78 is 28.4. The van der Waals surface area contributed by atoms with Crippen LogP contribution in [0.15, 0.2) is 35.5 Å². The second kappa shape index (κ2) is 5.74. The fraction of sp³-hybridized carbons (Fsp3) is 0.308. The Labute approximate surface area is 118 Å². The van der Waals surface area contributed by atoms with E-state index >= 15 is 0 Å². The van der Waals surface area contributed by atoms with E-state index in [1.165, 1.54) is 6.20 Å². The van der Waals surface area contributed by atoms with Crippen LogP contribution in [0.1, 0.15) is 17.0 Å². The first-order valence-corrected chi connectivity index (χ1v) is 7.68. The van der Waals surface area contributed by atoms with Crippen molar-refractivity contribution in [3.05, 3.63) is 47.4 Å². The lowest BCUT2D eigenvalue weighted by atomic mass is 10.1. The molecular formula is C13H18N4O2S. The number of aromatic nitrogens is 2. The number of hydrogen-bond acceptors (Lipinski definition) is 4. The molecule has 3 N–H and O–H groups in total. The van der Waals surface area contributed by atoms with Crippen LogP contribution in [0.3, 0.4) is 0 Å². The fourth-order valence-electron chi connectivity index (χ4n) is 1.70. The number of nitrogens with two attached hydrogens (primary N) is 1. The summed E-state index contributed by atoms with van der Waals surface area (Å²) >= 11 is 0. The predicted octanol–water partition coefficient (Wildman–Crippen LogP) is 0.666. The lowest BCUT2D eigenvalue weighted by Gasteiger charge is -2.05. The Balaban J connectivity index is 2.08. The van der Waals surface area contributed by atoms with Crippen LogP contribution >= 0.6 is 0 Å². The maximum absolute atomic E-state index is 12.1. The van der Waals surface area contributed by atoms with E-state index in [0.717, 1.165) is 11.1 Å². The van der Waals surface area contributed by atoms with Crippen molar-refractivity contribution in [3.63, 3.8) is 0 Å². The zero-order chi connectivity index (χ0) is 14.8. The molecule has 2 rings (SSSR count). The van der Waals surface area contributed by atoms with Crippen LogP contribution in [-0.2, 0) is 30.2 Å². The first-order chi connectivity index (χ1) is 9.42. The molecule has 0 saturated heterocycles. The van der Waals surface area contributed by atoms with Gasteiger partial charge in [0.2, 0.25) is 0 Å². The van der Waals surface area contributed by atoms with E-state index in [0.29, 0.717) is 12.4 Å². The van der Waals surface area contributed by atoms with Crippen molar-refractivity contribution in [1.82, 2.24) is 14.3 Å². The van der Waals surface area contributed by atoms with Crippen LogP contribution in [-0.4, -0.2) is 18.0 Å². The summed E-state index contributed by atoms with van der Waals surface area (Å²) in [6, 6.07) is 7.48. The van der Waals surface area contributed by atoms with Gasteiger partial charge in [-0.1, -0.05) is 24.3 Å². The van der Waals surface area contributed by atoms with E-state index in [-0.39, 0.29) is 11.6 Å². The number of nitrogens with one attached hydrogen (secondary N) is 1.